The Morgan fingerprint density at radius 3 is 2.36 bits per heavy atom. The van der Waals surface area contributed by atoms with Gasteiger partial charge in [-0.3, -0.25) is 19.2 Å². The second kappa shape index (κ2) is 25.9. The van der Waals surface area contributed by atoms with Crippen LogP contribution in [-0.2, 0) is 25.7 Å². The van der Waals surface area contributed by atoms with Gasteiger partial charge in [-0.1, -0.05) is 69.3 Å². The van der Waals surface area contributed by atoms with Crippen LogP contribution in [0.25, 0.3) is 10.4 Å². The number of anilines is 3. The molecule has 9 rings (SSSR count). The molecule has 0 radical (unpaired) electrons. The number of thiazole rings is 1. The highest BCUT2D eigenvalue weighted by Crippen LogP contribution is 2.41. The zero-order chi connectivity index (χ0) is 57.5. The quantitative estimate of drug-likeness (QED) is 0.0411. The number of hydrogen-bond donors (Lipinski definition) is 5. The van der Waals surface area contributed by atoms with Crippen LogP contribution in [0.3, 0.4) is 0 Å². The summed E-state index contributed by atoms with van der Waals surface area (Å²) in [5.41, 5.74) is 8.16. The third-order valence-corrected chi connectivity index (χ3v) is 18.3. The minimum Gasteiger partial charge on any atom is -0.490 e. The van der Waals surface area contributed by atoms with Gasteiger partial charge in [0.15, 0.2) is 11.4 Å². The number of nitrogens with one attached hydrogen (secondary N) is 3. The largest absolute Gasteiger partial charge is 0.490 e. The maximum atomic E-state index is 14.7. The van der Waals surface area contributed by atoms with Crippen LogP contribution in [0.2, 0.25) is 5.02 Å². The molecule has 3 atom stereocenters. The number of carbonyl (C=O) groups is 4. The monoisotopic (exact) mass is 1170 g/mol. The highest BCUT2D eigenvalue weighted by molar-refractivity contribution is 7.99. The number of alkyl halides is 1. The van der Waals surface area contributed by atoms with E-state index in [2.05, 4.69) is 57.6 Å². The molecule has 1 saturated carbocycles. The van der Waals surface area contributed by atoms with Crippen molar-refractivity contribution in [1.29, 1.82) is 0 Å². The Bertz CT molecular complexity index is 3000. The molecule has 4 fully saturated rings. The molecular formula is C58H74ClFN12O7S2. The summed E-state index contributed by atoms with van der Waals surface area (Å²) in [7, 11) is 0. The second-order valence-corrected chi connectivity index (χ2v) is 25.5. The first kappa shape index (κ1) is 59.4. The van der Waals surface area contributed by atoms with Gasteiger partial charge in [-0.15, -0.1) is 11.3 Å². The predicted octanol–water partition coefficient (Wildman–Crippen LogP) is 8.16. The van der Waals surface area contributed by atoms with Gasteiger partial charge in [0.25, 0.3) is 5.91 Å². The highest BCUT2D eigenvalue weighted by atomic mass is 35.5. The molecule has 6 N–H and O–H groups in total. The normalized spacial score (nSPS) is 19.2. The molecule has 6 heterocycles. The molecule has 23 heteroatoms. The topological polar surface area (TPSA) is 243 Å². The van der Waals surface area contributed by atoms with Gasteiger partial charge in [0.1, 0.15) is 41.9 Å². The molecule has 2 unspecified atom stereocenters. The lowest BCUT2D eigenvalue weighted by molar-refractivity contribution is -0.145. The lowest BCUT2D eigenvalue weighted by Gasteiger charge is -2.39. The molecule has 434 valence electrons. The average molecular weight is 1170 g/mol. The molecule has 0 spiro atoms. The maximum absolute atomic E-state index is 14.7. The van der Waals surface area contributed by atoms with Gasteiger partial charge in [-0.2, -0.15) is 0 Å². The number of likely N-dealkylation sites (tertiary alicyclic amines) is 1. The number of hydrogen-bond acceptors (Lipinski definition) is 17. The molecule has 19 nitrogen and oxygen atoms in total. The molecular weight excluding hydrogens is 1100 g/mol. The molecule has 5 aromatic rings. The molecule has 0 bridgehead atoms. The summed E-state index contributed by atoms with van der Waals surface area (Å²) in [4.78, 5) is 84.1. The number of nitrogens with two attached hydrogens (primary N) is 1. The molecule has 1 aliphatic carbocycles. The number of amides is 4. The number of β-amino-alcohol motifs (C(OH)–C–C–N with tert-alkyl or cyclic N) is 1. The van der Waals surface area contributed by atoms with E-state index in [0.717, 1.165) is 96.6 Å². The van der Waals surface area contributed by atoms with Crippen LogP contribution in [0.5, 0.6) is 11.5 Å². The van der Waals surface area contributed by atoms with E-state index in [-0.39, 0.29) is 56.9 Å². The first-order chi connectivity index (χ1) is 38.8. The van der Waals surface area contributed by atoms with Crippen molar-refractivity contribution in [3.63, 3.8) is 0 Å². The van der Waals surface area contributed by atoms with Gasteiger partial charge in [0.2, 0.25) is 23.7 Å². The summed E-state index contributed by atoms with van der Waals surface area (Å²) >= 11 is 9.72. The SMILES string of the molecule is Cc1ncsc1-c1ccc(CNC(=O)C2CC(O)CN2C(=O)[C@@H](NC(=O)C2(F)CC2)C(C)(C)C)c(OCCOc2cnc(N3CCC(CCCC(=O)Nc4cccc(Sc5cnc(N6CCC(C)(CN)CC6)cn5)c4Cl)CC3)nc2)c1. The van der Waals surface area contributed by atoms with Crippen LogP contribution in [0.15, 0.2) is 76.6 Å². The van der Waals surface area contributed by atoms with Gasteiger partial charge < -0.3 is 51.0 Å². The summed E-state index contributed by atoms with van der Waals surface area (Å²) in [6, 6.07) is 9.17. The highest BCUT2D eigenvalue weighted by Gasteiger charge is 2.53. The first-order valence-electron chi connectivity index (χ1n) is 27.9. The molecule has 3 aliphatic heterocycles. The lowest BCUT2D eigenvalue weighted by atomic mass is 9.80. The van der Waals surface area contributed by atoms with Crippen molar-refractivity contribution in [1.82, 2.24) is 40.5 Å². The number of ether oxygens (including phenoxy) is 2. The zero-order valence-electron chi connectivity index (χ0n) is 46.7. The van der Waals surface area contributed by atoms with Gasteiger partial charge in [-0.25, -0.2) is 29.3 Å². The van der Waals surface area contributed by atoms with Crippen LogP contribution in [-0.4, -0.2) is 135 Å². The molecule has 4 amide bonds. The fourth-order valence-corrected chi connectivity index (χ4v) is 12.3. The van der Waals surface area contributed by atoms with E-state index >= 15 is 0 Å². The summed E-state index contributed by atoms with van der Waals surface area (Å²) < 4.78 is 27.0. The summed E-state index contributed by atoms with van der Waals surface area (Å²) in [6.07, 6.45) is 12.2. The van der Waals surface area contributed by atoms with E-state index in [1.54, 1.807) is 44.9 Å². The van der Waals surface area contributed by atoms with Crippen molar-refractivity contribution in [3.05, 3.63) is 83.0 Å². The number of aromatic nitrogens is 5. The number of aryl methyl sites for hydroxylation is 1. The standard InChI is InChI=1S/C58H74ClFN12O7S2/c1-36-50(80-35-67-36)38-12-13-39(28-64-52(75)43-27-40(73)33-72(43)53(76)51(56(2,3)4)69-54(77)58(60)16-17-58)44(26-38)79-25-24-78-41-29-65-55(66-30-41)71-20-14-37(15-21-71)8-6-11-47(74)68-42-9-7-10-45(49(42)59)81-48-32-62-46(31-63-48)70-22-18-57(5,34-61)19-23-70/h7,9-10,12-13,26,29-32,35,37,40,43,51,73H,6,8,11,14-25,27-28,33-34,61H2,1-5H3,(H,64,75)(H,68,74)(H,69,77)/t40?,43?,51-/m1/s1. The van der Waals surface area contributed by atoms with E-state index in [1.165, 1.54) is 28.0 Å². The minimum atomic E-state index is -1.98. The lowest BCUT2D eigenvalue weighted by Crippen LogP contribution is -2.59. The van der Waals surface area contributed by atoms with E-state index in [4.69, 9.17) is 26.8 Å². The van der Waals surface area contributed by atoms with Gasteiger partial charge in [0, 0.05) is 62.6 Å². The Labute approximate surface area is 486 Å². The number of nitrogens with zero attached hydrogens (tertiary/aromatic N) is 8. The van der Waals surface area contributed by atoms with Crippen LogP contribution in [0, 0.1) is 23.7 Å². The number of benzene rings is 2. The maximum Gasteiger partial charge on any atom is 0.258 e. The zero-order valence-corrected chi connectivity index (χ0v) is 49.1. The van der Waals surface area contributed by atoms with E-state index < -0.39 is 47.0 Å². The van der Waals surface area contributed by atoms with Gasteiger partial charge in [0.05, 0.1) is 57.7 Å². The summed E-state index contributed by atoms with van der Waals surface area (Å²) in [5, 5.41) is 20.4. The van der Waals surface area contributed by atoms with Crippen LogP contribution < -0.4 is 41.0 Å². The number of halogens is 2. The minimum absolute atomic E-state index is 0.00523. The number of rotatable bonds is 22. The molecule has 4 aliphatic rings. The fourth-order valence-electron chi connectivity index (χ4n) is 10.4. The van der Waals surface area contributed by atoms with Crippen molar-refractivity contribution >= 4 is 75.8 Å². The number of carbonyl (C=O) groups excluding carboxylic acids is 4. The number of aliphatic hydroxyl groups excluding tert-OH is 1. The third-order valence-electron chi connectivity index (χ3n) is 15.9. The van der Waals surface area contributed by atoms with Crippen molar-refractivity contribution < 1.29 is 38.1 Å². The van der Waals surface area contributed by atoms with Crippen LogP contribution in [0.1, 0.15) is 103 Å². The fraction of sp³-hybridized carbons (Fsp3) is 0.534. The third kappa shape index (κ3) is 15.1. The van der Waals surface area contributed by atoms with Gasteiger partial charge in [-0.05, 0) is 105 Å². The smallest absolute Gasteiger partial charge is 0.258 e. The first-order valence-corrected chi connectivity index (χ1v) is 30.0. The summed E-state index contributed by atoms with van der Waals surface area (Å²) in [5.74, 6) is 0.994. The average Bonchev–Trinajstić information content (AvgIpc) is 4.16. The predicted molar refractivity (Wildman–Crippen MR) is 311 cm³/mol. The van der Waals surface area contributed by atoms with Crippen molar-refractivity contribution in [2.75, 3.05) is 67.6 Å². The summed E-state index contributed by atoms with van der Waals surface area (Å²) in [6.45, 7) is 13.8. The Morgan fingerprint density at radius 2 is 1.69 bits per heavy atom. The van der Waals surface area contributed by atoms with Crippen LogP contribution in [0.4, 0.5) is 21.8 Å². The van der Waals surface area contributed by atoms with Crippen molar-refractivity contribution in [2.24, 2.45) is 22.5 Å². The van der Waals surface area contributed by atoms with Crippen LogP contribution >= 0.6 is 34.7 Å². The van der Waals surface area contributed by atoms with Crippen molar-refractivity contribution in [2.45, 2.75) is 139 Å². The molecule has 81 heavy (non-hydrogen) atoms. The number of piperidine rings is 2. The molecule has 3 aromatic heterocycles. The molecule has 2 aromatic carbocycles. The Hall–Kier alpha value is -6.20. The van der Waals surface area contributed by atoms with E-state index in [1.807, 2.05) is 49.5 Å². The number of aliphatic hydroxyl groups is 1. The Kier molecular flexibility index (Phi) is 19.0. The van der Waals surface area contributed by atoms with Crippen molar-refractivity contribution in [3.8, 4) is 21.9 Å². The van der Waals surface area contributed by atoms with Gasteiger partial charge >= 0.3 is 0 Å². The Balaban J connectivity index is 0.706. The van der Waals surface area contributed by atoms with E-state index in [0.29, 0.717) is 52.6 Å². The van der Waals surface area contributed by atoms with E-state index in [9.17, 15) is 28.7 Å². The second-order valence-electron chi connectivity index (χ2n) is 23.2. The Morgan fingerprint density at radius 1 is 0.951 bits per heavy atom. The molecule has 3 saturated heterocycles.